The Morgan fingerprint density at radius 1 is 0.857 bits per heavy atom. The number of carboxylic acid groups (broad SMARTS) is 1. The Morgan fingerprint density at radius 2 is 1.43 bits per heavy atom. The summed E-state index contributed by atoms with van der Waals surface area (Å²) in [5.74, 6) is -1.77. The van der Waals surface area contributed by atoms with E-state index in [1.807, 2.05) is 75.4 Å². The van der Waals surface area contributed by atoms with Gasteiger partial charge in [-0.3, -0.25) is 4.79 Å². The molecule has 0 saturated carbocycles. The van der Waals surface area contributed by atoms with Crippen LogP contribution in [0, 0.1) is 5.41 Å². The minimum absolute atomic E-state index is 0.0822. The summed E-state index contributed by atoms with van der Waals surface area (Å²) in [4.78, 5) is 38.0. The molecule has 3 aromatic rings. The molecule has 0 aliphatic heterocycles. The van der Waals surface area contributed by atoms with Crippen molar-refractivity contribution in [2.75, 3.05) is 6.61 Å². The van der Waals surface area contributed by atoms with Crippen molar-refractivity contribution in [1.82, 2.24) is 10.6 Å². The van der Waals surface area contributed by atoms with Gasteiger partial charge in [0.05, 0.1) is 12.7 Å². The van der Waals surface area contributed by atoms with Crippen LogP contribution in [0.1, 0.15) is 63.1 Å². The summed E-state index contributed by atoms with van der Waals surface area (Å²) >= 11 is 0. The molecule has 222 valence electrons. The molecule has 0 aromatic heterocycles. The second-order valence-electron chi connectivity index (χ2n) is 12.0. The summed E-state index contributed by atoms with van der Waals surface area (Å²) in [6.45, 7) is 8.03. The van der Waals surface area contributed by atoms with E-state index in [2.05, 4.69) is 34.9 Å². The van der Waals surface area contributed by atoms with Crippen LogP contribution < -0.4 is 10.6 Å². The molecule has 0 bridgehead atoms. The van der Waals surface area contributed by atoms with Crippen molar-refractivity contribution in [3.8, 4) is 11.1 Å². The zero-order valence-electron chi connectivity index (χ0n) is 24.6. The average Bonchev–Trinajstić information content (AvgIpc) is 3.26. The highest BCUT2D eigenvalue weighted by atomic mass is 16.5. The molecule has 1 unspecified atom stereocenters. The number of amides is 2. The van der Waals surface area contributed by atoms with Gasteiger partial charge in [-0.1, -0.05) is 99.6 Å². The average molecular weight is 573 g/mol. The highest BCUT2D eigenvalue weighted by molar-refractivity contribution is 5.84. The molecule has 3 N–H and O–H groups in total. The van der Waals surface area contributed by atoms with Crippen molar-refractivity contribution in [3.63, 3.8) is 0 Å². The highest BCUT2D eigenvalue weighted by Gasteiger charge is 2.31. The third kappa shape index (κ3) is 8.19. The summed E-state index contributed by atoms with van der Waals surface area (Å²) in [5.41, 5.74) is 5.19. The largest absolute Gasteiger partial charge is 0.480 e. The minimum Gasteiger partial charge on any atom is -0.480 e. The molecule has 3 atom stereocenters. The molecule has 0 heterocycles. The second kappa shape index (κ2) is 13.7. The number of hydrogen-bond donors (Lipinski definition) is 3. The first-order valence-corrected chi connectivity index (χ1v) is 14.3. The van der Waals surface area contributed by atoms with E-state index in [0.717, 1.165) is 27.8 Å². The van der Waals surface area contributed by atoms with Crippen LogP contribution in [0.4, 0.5) is 4.79 Å². The Morgan fingerprint density at radius 3 is 2.00 bits per heavy atom. The standard InChI is InChI=1S/C34H40N2O6/c1-22(41-20-23-12-6-5-7-13-23)31(32(38)39)36-30(37)18-24(19-34(2,3)4)35-33(40)42-21-29-27-16-10-8-14-25(27)26-15-9-11-17-28(26)29/h5-17,22,24,29,31H,18-21H2,1-4H3,(H,35,40)(H,36,37)(H,38,39)/t22-,24?,31+/m0/s1. The Labute approximate surface area is 247 Å². The van der Waals surface area contributed by atoms with Crippen LogP contribution in [-0.4, -0.2) is 47.9 Å². The summed E-state index contributed by atoms with van der Waals surface area (Å²) in [6.07, 6.45) is -1.00. The first-order chi connectivity index (χ1) is 20.0. The number of carboxylic acids is 1. The quantitative estimate of drug-likeness (QED) is 0.249. The highest BCUT2D eigenvalue weighted by Crippen LogP contribution is 2.44. The fraction of sp³-hybridized carbons (Fsp3) is 0.382. The van der Waals surface area contributed by atoms with Gasteiger partial charge in [0.15, 0.2) is 6.04 Å². The lowest BCUT2D eigenvalue weighted by Crippen LogP contribution is -2.50. The van der Waals surface area contributed by atoms with Gasteiger partial charge in [-0.05, 0) is 46.6 Å². The van der Waals surface area contributed by atoms with Crippen LogP contribution in [0.3, 0.4) is 0 Å². The monoisotopic (exact) mass is 572 g/mol. The molecule has 2 amide bonds. The van der Waals surface area contributed by atoms with E-state index in [-0.39, 0.29) is 31.0 Å². The lowest BCUT2D eigenvalue weighted by Gasteiger charge is -2.28. The third-order valence-electron chi connectivity index (χ3n) is 7.36. The van der Waals surface area contributed by atoms with Crippen LogP contribution in [0.2, 0.25) is 0 Å². The first-order valence-electron chi connectivity index (χ1n) is 14.3. The van der Waals surface area contributed by atoms with Crippen molar-refractivity contribution in [2.45, 2.75) is 71.2 Å². The number of aliphatic carboxylic acids is 1. The lowest BCUT2D eigenvalue weighted by molar-refractivity contribution is -0.146. The first kappa shape index (κ1) is 30.8. The zero-order chi connectivity index (χ0) is 30.3. The van der Waals surface area contributed by atoms with Crippen LogP contribution in [0.5, 0.6) is 0 Å². The summed E-state index contributed by atoms with van der Waals surface area (Å²) in [7, 11) is 0. The smallest absolute Gasteiger partial charge is 0.407 e. The van der Waals surface area contributed by atoms with Crippen LogP contribution >= 0.6 is 0 Å². The normalized spacial score (nSPS) is 14.7. The number of alkyl carbamates (subject to hydrolysis) is 1. The van der Waals surface area contributed by atoms with Gasteiger partial charge in [-0.25, -0.2) is 9.59 Å². The van der Waals surface area contributed by atoms with Gasteiger partial charge in [-0.2, -0.15) is 0 Å². The van der Waals surface area contributed by atoms with Gasteiger partial charge in [-0.15, -0.1) is 0 Å². The predicted octanol–water partition coefficient (Wildman–Crippen LogP) is 5.89. The van der Waals surface area contributed by atoms with Gasteiger partial charge in [0.1, 0.15) is 6.61 Å². The molecule has 8 nitrogen and oxygen atoms in total. The maximum Gasteiger partial charge on any atom is 0.407 e. The van der Waals surface area contributed by atoms with Gasteiger partial charge >= 0.3 is 12.1 Å². The van der Waals surface area contributed by atoms with E-state index in [4.69, 9.17) is 9.47 Å². The Kier molecular flexibility index (Phi) is 10.0. The minimum atomic E-state index is -1.24. The molecule has 0 radical (unpaired) electrons. The van der Waals surface area contributed by atoms with E-state index in [9.17, 15) is 19.5 Å². The molecule has 0 saturated heterocycles. The van der Waals surface area contributed by atoms with Crippen LogP contribution in [0.25, 0.3) is 11.1 Å². The van der Waals surface area contributed by atoms with Crippen molar-refractivity contribution < 1.29 is 29.0 Å². The Hall–Kier alpha value is -4.17. The number of benzene rings is 3. The number of hydrogen-bond acceptors (Lipinski definition) is 5. The SMILES string of the molecule is C[C@H](OCc1ccccc1)[C@@H](NC(=O)CC(CC(C)(C)C)NC(=O)OCC1c2ccccc2-c2ccccc21)C(=O)O. The van der Waals surface area contributed by atoms with Gasteiger partial charge in [0, 0.05) is 18.4 Å². The molecule has 42 heavy (non-hydrogen) atoms. The number of carbonyl (C=O) groups is 3. The number of carbonyl (C=O) groups excluding carboxylic acids is 2. The van der Waals surface area contributed by atoms with E-state index in [0.29, 0.717) is 6.42 Å². The summed E-state index contributed by atoms with van der Waals surface area (Å²) < 4.78 is 11.4. The molecule has 0 spiro atoms. The second-order valence-corrected chi connectivity index (χ2v) is 12.0. The molecular formula is C34H40N2O6. The van der Waals surface area contributed by atoms with Crippen molar-refractivity contribution in [1.29, 1.82) is 0 Å². The van der Waals surface area contributed by atoms with E-state index >= 15 is 0 Å². The van der Waals surface area contributed by atoms with Crippen molar-refractivity contribution in [2.24, 2.45) is 5.41 Å². The van der Waals surface area contributed by atoms with Crippen LogP contribution in [-0.2, 0) is 25.7 Å². The van der Waals surface area contributed by atoms with E-state index in [1.54, 1.807) is 6.92 Å². The maximum absolute atomic E-state index is 13.0. The third-order valence-corrected chi connectivity index (χ3v) is 7.36. The fourth-order valence-electron chi connectivity index (χ4n) is 5.45. The summed E-state index contributed by atoms with van der Waals surface area (Å²) in [5, 5.41) is 15.2. The number of fused-ring (bicyclic) bond motifs is 3. The molecule has 4 rings (SSSR count). The molecular weight excluding hydrogens is 532 g/mol. The molecule has 0 fully saturated rings. The molecule has 8 heteroatoms. The van der Waals surface area contributed by atoms with Gasteiger partial charge in [0.2, 0.25) is 5.91 Å². The van der Waals surface area contributed by atoms with Gasteiger partial charge in [0.25, 0.3) is 0 Å². The molecule has 1 aliphatic carbocycles. The van der Waals surface area contributed by atoms with E-state index in [1.165, 1.54) is 0 Å². The summed E-state index contributed by atoms with van der Waals surface area (Å²) in [6, 6.07) is 23.8. The van der Waals surface area contributed by atoms with Crippen LogP contribution in [0.15, 0.2) is 78.9 Å². The number of rotatable bonds is 12. The predicted molar refractivity (Wildman–Crippen MR) is 161 cm³/mol. The Balaban J connectivity index is 1.36. The zero-order valence-corrected chi connectivity index (χ0v) is 24.6. The van der Waals surface area contributed by atoms with Crippen molar-refractivity contribution >= 4 is 18.0 Å². The van der Waals surface area contributed by atoms with Crippen molar-refractivity contribution in [3.05, 3.63) is 95.6 Å². The van der Waals surface area contributed by atoms with E-state index < -0.39 is 36.2 Å². The fourth-order valence-corrected chi connectivity index (χ4v) is 5.45. The van der Waals surface area contributed by atoms with Gasteiger partial charge < -0.3 is 25.2 Å². The lowest BCUT2D eigenvalue weighted by atomic mass is 9.87. The molecule has 3 aromatic carbocycles. The number of nitrogens with one attached hydrogen (secondary N) is 2. The molecule has 1 aliphatic rings. The topological polar surface area (TPSA) is 114 Å². The Bertz CT molecular complexity index is 1340. The maximum atomic E-state index is 13.0. The number of ether oxygens (including phenoxy) is 2.